The van der Waals surface area contributed by atoms with Crippen LogP contribution in [0.5, 0.6) is 0 Å². The molecule has 0 saturated heterocycles. The van der Waals surface area contributed by atoms with E-state index in [2.05, 4.69) is 25.9 Å². The zero-order chi connectivity index (χ0) is 17.5. The van der Waals surface area contributed by atoms with Gasteiger partial charge < -0.3 is 19.6 Å². The van der Waals surface area contributed by atoms with Crippen LogP contribution in [-0.4, -0.2) is 30.5 Å². The van der Waals surface area contributed by atoms with E-state index in [0.29, 0.717) is 4.47 Å². The molecule has 8 nitrogen and oxygen atoms in total. The number of hydrogen-bond acceptors (Lipinski definition) is 7. The van der Waals surface area contributed by atoms with Gasteiger partial charge in [-0.1, -0.05) is 17.3 Å². The number of carbonyl (C=O) groups is 2. The Kier molecular flexibility index (Phi) is 7.57. The largest absolute Gasteiger partial charge is 0.388 e. The molecule has 0 radical (unpaired) electrons. The number of nitrogens with two attached hydrogens (primary N) is 1. The minimum atomic E-state index is -4.06. The molecule has 0 bridgehead atoms. The van der Waals surface area contributed by atoms with E-state index in [4.69, 9.17) is 14.8 Å². The van der Waals surface area contributed by atoms with Crippen molar-refractivity contribution in [2.24, 2.45) is 10.9 Å². The second kappa shape index (κ2) is 8.93. The third-order valence-corrected chi connectivity index (χ3v) is 5.10. The number of nitrogens with zero attached hydrogens (tertiary/aromatic N) is 1. The summed E-state index contributed by atoms with van der Waals surface area (Å²) in [4.78, 5) is 28.1. The Morgan fingerprint density at radius 3 is 2.26 bits per heavy atom. The maximum Gasteiger partial charge on any atom is 0.388 e. The predicted octanol–water partition coefficient (Wildman–Crippen LogP) is 2.67. The molecule has 0 fully saturated rings. The van der Waals surface area contributed by atoms with Crippen molar-refractivity contribution in [2.75, 3.05) is 13.2 Å². The third-order valence-electron chi connectivity index (χ3n) is 2.39. The highest BCUT2D eigenvalue weighted by Crippen LogP contribution is 2.49. The molecule has 0 spiro atoms. The Hall–Kier alpha value is -1.54. The van der Waals surface area contributed by atoms with Gasteiger partial charge in [-0.3, -0.25) is 9.36 Å². The molecule has 0 aliphatic heterocycles. The van der Waals surface area contributed by atoms with Crippen molar-refractivity contribution in [3.05, 3.63) is 34.3 Å². The fraction of sp³-hybridized carbons (Fsp3) is 0.308. The zero-order valence-electron chi connectivity index (χ0n) is 12.5. The molecule has 0 unspecified atom stereocenters. The first-order valence-corrected chi connectivity index (χ1v) is 8.92. The highest BCUT2D eigenvalue weighted by Gasteiger charge is 2.37. The van der Waals surface area contributed by atoms with E-state index in [1.165, 1.54) is 6.07 Å². The first kappa shape index (κ1) is 19.5. The molecule has 10 heteroatoms. The second-order valence-corrected chi connectivity index (χ2v) is 6.76. The lowest BCUT2D eigenvalue weighted by atomic mass is 10.2. The molecule has 0 atom stereocenters. The van der Waals surface area contributed by atoms with E-state index in [1.54, 1.807) is 32.0 Å². The van der Waals surface area contributed by atoms with Crippen LogP contribution in [0.3, 0.4) is 0 Å². The summed E-state index contributed by atoms with van der Waals surface area (Å²) >= 11 is 3.18. The van der Waals surface area contributed by atoms with Gasteiger partial charge in [-0.15, -0.1) is 0 Å². The monoisotopic (exact) mass is 406 g/mol. The van der Waals surface area contributed by atoms with Crippen molar-refractivity contribution in [2.45, 2.75) is 13.8 Å². The van der Waals surface area contributed by atoms with Crippen LogP contribution in [0.2, 0.25) is 0 Å². The Morgan fingerprint density at radius 2 is 1.78 bits per heavy atom. The molecule has 1 aromatic carbocycles. The van der Waals surface area contributed by atoms with Crippen LogP contribution in [0.25, 0.3) is 0 Å². The van der Waals surface area contributed by atoms with Crippen LogP contribution >= 0.6 is 23.5 Å². The first-order chi connectivity index (χ1) is 10.9. The minimum absolute atomic E-state index is 0.0121. The molecule has 1 rings (SSSR count). The molecular formula is C13H16BrN2O6P. The summed E-state index contributed by atoms with van der Waals surface area (Å²) in [5, 5.41) is 3.31. The van der Waals surface area contributed by atoms with Crippen LogP contribution < -0.4 is 5.73 Å². The topological polar surface area (TPSA) is 117 Å². The van der Waals surface area contributed by atoms with Crippen LogP contribution in [0.15, 0.2) is 33.9 Å². The average molecular weight is 407 g/mol. The molecule has 1 amide bonds. The van der Waals surface area contributed by atoms with Gasteiger partial charge in [0.2, 0.25) is 0 Å². The van der Waals surface area contributed by atoms with Gasteiger partial charge in [-0.05, 0) is 41.9 Å². The fourth-order valence-corrected chi connectivity index (χ4v) is 3.35. The van der Waals surface area contributed by atoms with Crippen molar-refractivity contribution in [3.63, 3.8) is 0 Å². The van der Waals surface area contributed by atoms with Crippen LogP contribution in [-0.2, 0) is 23.2 Å². The Balaban J connectivity index is 3.08. The molecule has 0 aromatic heterocycles. The molecule has 126 valence electrons. The highest BCUT2D eigenvalue weighted by atomic mass is 79.9. The zero-order valence-corrected chi connectivity index (χ0v) is 15.0. The van der Waals surface area contributed by atoms with E-state index < -0.39 is 24.9 Å². The summed E-state index contributed by atoms with van der Waals surface area (Å²) in [7, 11) is -4.06. The molecule has 23 heavy (non-hydrogen) atoms. The number of oxime groups is 1. The van der Waals surface area contributed by atoms with Gasteiger partial charge in [-0.2, -0.15) is 0 Å². The van der Waals surface area contributed by atoms with Gasteiger partial charge in [0.25, 0.3) is 11.4 Å². The molecule has 0 aliphatic carbocycles. The maximum atomic E-state index is 12.5. The lowest BCUT2D eigenvalue weighted by Gasteiger charge is -2.16. The van der Waals surface area contributed by atoms with Gasteiger partial charge in [0.05, 0.1) is 18.8 Å². The number of benzene rings is 1. The van der Waals surface area contributed by atoms with E-state index in [0.717, 1.165) is 0 Å². The summed E-state index contributed by atoms with van der Waals surface area (Å²) in [6.07, 6.45) is 0. The van der Waals surface area contributed by atoms with E-state index in [9.17, 15) is 14.2 Å². The van der Waals surface area contributed by atoms with Crippen molar-refractivity contribution in [3.8, 4) is 0 Å². The van der Waals surface area contributed by atoms with Gasteiger partial charge in [0.15, 0.2) is 0 Å². The molecular weight excluding hydrogens is 391 g/mol. The Morgan fingerprint density at radius 1 is 1.22 bits per heavy atom. The normalized spacial score (nSPS) is 12.0. The fourth-order valence-electron chi connectivity index (χ4n) is 1.49. The van der Waals surface area contributed by atoms with E-state index in [-0.39, 0.29) is 18.8 Å². The molecule has 2 N–H and O–H groups in total. The summed E-state index contributed by atoms with van der Waals surface area (Å²) in [5.41, 5.74) is 4.53. The lowest BCUT2D eigenvalue weighted by molar-refractivity contribution is -0.111. The van der Waals surface area contributed by atoms with Gasteiger partial charge in [-0.25, -0.2) is 4.79 Å². The Labute approximate surface area is 141 Å². The maximum absolute atomic E-state index is 12.5. The van der Waals surface area contributed by atoms with Crippen LogP contribution in [0.1, 0.15) is 24.2 Å². The molecule has 0 saturated carbocycles. The number of hydrogen-bond donors (Lipinski definition) is 1. The predicted molar refractivity (Wildman–Crippen MR) is 87.0 cm³/mol. The first-order valence-electron chi connectivity index (χ1n) is 6.59. The summed E-state index contributed by atoms with van der Waals surface area (Å²) < 4.78 is 22.9. The quantitative estimate of drug-likeness (QED) is 0.307. The molecule has 0 heterocycles. The average Bonchev–Trinajstić information content (AvgIpc) is 2.47. The third kappa shape index (κ3) is 5.24. The van der Waals surface area contributed by atoms with Crippen LogP contribution in [0, 0.1) is 0 Å². The van der Waals surface area contributed by atoms with Crippen molar-refractivity contribution >= 4 is 40.9 Å². The van der Waals surface area contributed by atoms with Crippen LogP contribution in [0.4, 0.5) is 0 Å². The van der Waals surface area contributed by atoms with Crippen molar-refractivity contribution < 1.29 is 28.0 Å². The van der Waals surface area contributed by atoms with Gasteiger partial charge >= 0.3 is 13.6 Å². The van der Waals surface area contributed by atoms with Crippen molar-refractivity contribution in [1.82, 2.24) is 0 Å². The minimum Gasteiger partial charge on any atom is -0.364 e. The van der Waals surface area contributed by atoms with Crippen molar-refractivity contribution in [1.29, 1.82) is 0 Å². The summed E-state index contributed by atoms with van der Waals surface area (Å²) in [6.45, 7) is 3.08. The number of carbonyl (C=O) groups excluding carboxylic acids is 2. The lowest BCUT2D eigenvalue weighted by Crippen LogP contribution is -2.26. The van der Waals surface area contributed by atoms with Gasteiger partial charge in [0.1, 0.15) is 0 Å². The standard InChI is InChI=1S/C13H16BrN2O6P/c1-3-20-23(19,21-4-2)12(11(15)17)16-22-13(18)9-7-5-6-8-10(9)14/h5-8H,3-4H2,1-2H3,(H2,15,17)/b16-12-. The SMILES string of the molecule is CCOP(=O)(OCC)/C(=N\OC(=O)c1ccccc1Br)C(N)=O. The highest BCUT2D eigenvalue weighted by molar-refractivity contribution is 9.10. The molecule has 1 aromatic rings. The van der Waals surface area contributed by atoms with E-state index >= 15 is 0 Å². The molecule has 0 aliphatic rings. The number of rotatable bonds is 8. The number of primary amides is 1. The summed E-state index contributed by atoms with van der Waals surface area (Å²) in [6, 6.07) is 6.43. The summed E-state index contributed by atoms with van der Waals surface area (Å²) in [5.74, 6) is -2.04. The smallest absolute Gasteiger partial charge is 0.364 e. The van der Waals surface area contributed by atoms with Gasteiger partial charge in [0, 0.05) is 4.47 Å². The Bertz CT molecular complexity index is 654. The van der Waals surface area contributed by atoms with E-state index in [1.807, 2.05) is 0 Å². The second-order valence-electron chi connectivity index (χ2n) is 3.97. The number of halogens is 1. The number of amides is 1.